The van der Waals surface area contributed by atoms with E-state index in [1.54, 1.807) is 24.3 Å². The zero-order valence-electron chi connectivity index (χ0n) is 16.4. The topological polar surface area (TPSA) is 52.6 Å². The Hall–Kier alpha value is -1.51. The summed E-state index contributed by atoms with van der Waals surface area (Å²) in [6.07, 6.45) is 0. The Morgan fingerprint density at radius 3 is 2.10 bits per heavy atom. The summed E-state index contributed by atoms with van der Waals surface area (Å²) >= 11 is 7.13. The standard InChI is InChI=1S/C23H22Br2O4S/c1-17-10-12-20(13-11-17)30(26,27)29-16-19(23-21(24)8-5-9-22(23)25)15-28-14-18-6-3-2-4-7-18/h2-13,19H,14-16H2,1H3. The molecule has 30 heavy (non-hydrogen) atoms. The average molecular weight is 554 g/mol. The molecule has 0 spiro atoms. The van der Waals surface area contributed by atoms with E-state index >= 15 is 0 Å². The van der Waals surface area contributed by atoms with E-state index in [1.807, 2.05) is 55.5 Å². The summed E-state index contributed by atoms with van der Waals surface area (Å²) < 4.78 is 38.4. The van der Waals surface area contributed by atoms with Crippen LogP contribution in [0, 0.1) is 6.92 Å². The maximum Gasteiger partial charge on any atom is 0.296 e. The molecule has 1 atom stereocenters. The molecule has 0 fully saturated rings. The fourth-order valence-corrected chi connectivity index (χ4v) is 5.55. The van der Waals surface area contributed by atoms with Crippen LogP contribution in [0.15, 0.2) is 86.6 Å². The molecule has 158 valence electrons. The molecular formula is C23H22Br2O4S. The predicted octanol–water partition coefficient (Wildman–Crippen LogP) is 6.23. The van der Waals surface area contributed by atoms with Gasteiger partial charge in [0.2, 0.25) is 0 Å². The van der Waals surface area contributed by atoms with Crippen LogP contribution in [-0.2, 0) is 25.6 Å². The van der Waals surface area contributed by atoms with Gasteiger partial charge in [-0.3, -0.25) is 4.18 Å². The van der Waals surface area contributed by atoms with Gasteiger partial charge in [0.1, 0.15) is 0 Å². The Balaban J connectivity index is 1.76. The van der Waals surface area contributed by atoms with Crippen molar-refractivity contribution in [1.82, 2.24) is 0 Å². The number of aryl methyl sites for hydroxylation is 1. The van der Waals surface area contributed by atoms with Crippen LogP contribution in [-0.4, -0.2) is 21.6 Å². The van der Waals surface area contributed by atoms with Crippen LogP contribution in [0.3, 0.4) is 0 Å². The van der Waals surface area contributed by atoms with Crippen LogP contribution in [0.25, 0.3) is 0 Å². The highest BCUT2D eigenvalue weighted by Gasteiger charge is 2.23. The van der Waals surface area contributed by atoms with Gasteiger partial charge in [-0.2, -0.15) is 8.42 Å². The van der Waals surface area contributed by atoms with E-state index in [2.05, 4.69) is 31.9 Å². The van der Waals surface area contributed by atoms with Crippen molar-refractivity contribution < 1.29 is 17.3 Å². The molecule has 7 heteroatoms. The lowest BCUT2D eigenvalue weighted by Crippen LogP contribution is -2.19. The van der Waals surface area contributed by atoms with Gasteiger partial charge in [0.15, 0.2) is 0 Å². The molecule has 0 aliphatic rings. The summed E-state index contributed by atoms with van der Waals surface area (Å²) in [5.74, 6) is -0.293. The Morgan fingerprint density at radius 2 is 1.47 bits per heavy atom. The Morgan fingerprint density at radius 1 is 0.833 bits per heavy atom. The van der Waals surface area contributed by atoms with E-state index in [-0.39, 0.29) is 17.4 Å². The van der Waals surface area contributed by atoms with Crippen molar-refractivity contribution in [2.75, 3.05) is 13.2 Å². The number of halogens is 2. The summed E-state index contributed by atoms with van der Waals surface area (Å²) in [5.41, 5.74) is 2.94. The van der Waals surface area contributed by atoms with Gasteiger partial charge in [0, 0.05) is 14.9 Å². The second-order valence-electron chi connectivity index (χ2n) is 6.88. The third kappa shape index (κ3) is 6.25. The van der Waals surface area contributed by atoms with Crippen molar-refractivity contribution in [3.63, 3.8) is 0 Å². The average Bonchev–Trinajstić information content (AvgIpc) is 2.72. The first-order valence-corrected chi connectivity index (χ1v) is 12.4. The van der Waals surface area contributed by atoms with Gasteiger partial charge < -0.3 is 4.74 Å². The molecule has 3 aromatic carbocycles. The summed E-state index contributed by atoms with van der Waals surface area (Å²) in [6, 6.07) is 22.2. The van der Waals surface area contributed by atoms with Crippen molar-refractivity contribution in [2.45, 2.75) is 24.3 Å². The van der Waals surface area contributed by atoms with E-state index in [0.717, 1.165) is 25.6 Å². The highest BCUT2D eigenvalue weighted by molar-refractivity contribution is 9.11. The van der Waals surface area contributed by atoms with Gasteiger partial charge in [-0.1, -0.05) is 86.0 Å². The Bertz CT molecular complexity index is 1050. The van der Waals surface area contributed by atoms with Crippen molar-refractivity contribution in [3.05, 3.63) is 98.4 Å². The summed E-state index contributed by atoms with van der Waals surface area (Å²) in [4.78, 5) is 0.142. The maximum atomic E-state index is 12.7. The quantitative estimate of drug-likeness (QED) is 0.295. The van der Waals surface area contributed by atoms with E-state index < -0.39 is 10.1 Å². The van der Waals surface area contributed by atoms with Crippen LogP contribution < -0.4 is 0 Å². The lowest BCUT2D eigenvalue weighted by Gasteiger charge is -2.20. The van der Waals surface area contributed by atoms with Crippen molar-refractivity contribution in [1.29, 1.82) is 0 Å². The number of hydrogen-bond acceptors (Lipinski definition) is 4. The number of benzene rings is 3. The number of hydrogen-bond donors (Lipinski definition) is 0. The molecule has 3 aromatic rings. The molecule has 0 aromatic heterocycles. The number of ether oxygens (including phenoxy) is 1. The molecule has 0 radical (unpaired) electrons. The van der Waals surface area contributed by atoms with E-state index in [4.69, 9.17) is 8.92 Å². The smallest absolute Gasteiger partial charge is 0.296 e. The van der Waals surface area contributed by atoms with Crippen LogP contribution in [0.2, 0.25) is 0 Å². The first kappa shape index (κ1) is 23.2. The SMILES string of the molecule is Cc1ccc(S(=O)(=O)OCC(COCc2ccccc2)c2c(Br)cccc2Br)cc1. The van der Waals surface area contributed by atoms with Gasteiger partial charge in [-0.25, -0.2) is 0 Å². The Kier molecular flexibility index (Phi) is 8.25. The molecule has 0 saturated heterocycles. The van der Waals surface area contributed by atoms with Gasteiger partial charge in [-0.15, -0.1) is 0 Å². The fraction of sp³-hybridized carbons (Fsp3) is 0.217. The third-order valence-electron chi connectivity index (χ3n) is 4.57. The number of rotatable bonds is 9. The maximum absolute atomic E-state index is 12.7. The first-order chi connectivity index (χ1) is 14.4. The summed E-state index contributed by atoms with van der Waals surface area (Å²) in [5, 5.41) is 0. The largest absolute Gasteiger partial charge is 0.376 e. The molecule has 4 nitrogen and oxygen atoms in total. The molecule has 0 bridgehead atoms. The van der Waals surface area contributed by atoms with Crippen molar-refractivity contribution in [2.24, 2.45) is 0 Å². The molecule has 0 aliphatic carbocycles. The van der Waals surface area contributed by atoms with Crippen LogP contribution in [0.4, 0.5) is 0 Å². The van der Waals surface area contributed by atoms with Crippen molar-refractivity contribution in [3.8, 4) is 0 Å². The van der Waals surface area contributed by atoms with Crippen LogP contribution >= 0.6 is 31.9 Å². The lowest BCUT2D eigenvalue weighted by molar-refractivity contribution is 0.0926. The zero-order chi connectivity index (χ0) is 21.6. The second-order valence-corrected chi connectivity index (χ2v) is 10.2. The molecule has 3 rings (SSSR count). The van der Waals surface area contributed by atoms with Gasteiger partial charge in [0.25, 0.3) is 10.1 Å². The molecule has 0 amide bonds. The van der Waals surface area contributed by atoms with E-state index in [9.17, 15) is 8.42 Å². The second kappa shape index (κ2) is 10.7. The first-order valence-electron chi connectivity index (χ1n) is 9.38. The predicted molar refractivity (Wildman–Crippen MR) is 125 cm³/mol. The highest BCUT2D eigenvalue weighted by atomic mass is 79.9. The van der Waals surface area contributed by atoms with Gasteiger partial charge in [0.05, 0.1) is 24.7 Å². The minimum Gasteiger partial charge on any atom is -0.376 e. The van der Waals surface area contributed by atoms with Gasteiger partial charge in [-0.05, 0) is 42.3 Å². The monoisotopic (exact) mass is 552 g/mol. The molecule has 0 saturated carbocycles. The lowest BCUT2D eigenvalue weighted by atomic mass is 10.0. The Labute approximate surface area is 194 Å². The van der Waals surface area contributed by atoms with Crippen molar-refractivity contribution >= 4 is 42.0 Å². The van der Waals surface area contributed by atoms with Crippen LogP contribution in [0.1, 0.15) is 22.6 Å². The molecule has 0 heterocycles. The molecular weight excluding hydrogens is 532 g/mol. The van der Waals surface area contributed by atoms with Crippen LogP contribution in [0.5, 0.6) is 0 Å². The van der Waals surface area contributed by atoms with Gasteiger partial charge >= 0.3 is 0 Å². The summed E-state index contributed by atoms with van der Waals surface area (Å²) in [7, 11) is -3.87. The molecule has 0 aliphatic heterocycles. The fourth-order valence-electron chi connectivity index (χ4n) is 2.95. The third-order valence-corrected chi connectivity index (χ3v) is 7.25. The minimum atomic E-state index is -3.87. The van der Waals surface area contributed by atoms with E-state index in [0.29, 0.717) is 13.2 Å². The molecule has 0 N–H and O–H groups in total. The zero-order valence-corrected chi connectivity index (χ0v) is 20.4. The minimum absolute atomic E-state index is 0.0355. The summed E-state index contributed by atoms with van der Waals surface area (Å²) in [6.45, 7) is 2.61. The normalized spacial score (nSPS) is 12.6. The highest BCUT2D eigenvalue weighted by Crippen LogP contribution is 2.33. The molecule has 1 unspecified atom stereocenters. The van der Waals surface area contributed by atoms with E-state index in [1.165, 1.54) is 0 Å².